The van der Waals surface area contributed by atoms with E-state index >= 15 is 0 Å². The SMILES string of the molecule is Cc1nc(N2CC(S(N)(=O)=O)CC2=O)ccc1C#N. The van der Waals surface area contributed by atoms with Crippen molar-refractivity contribution in [1.29, 1.82) is 5.26 Å². The molecular formula is C11H12N4O3S. The van der Waals surface area contributed by atoms with Crippen LogP contribution in [0.1, 0.15) is 17.7 Å². The number of pyridine rings is 1. The zero-order valence-electron chi connectivity index (χ0n) is 10.2. The summed E-state index contributed by atoms with van der Waals surface area (Å²) in [5, 5.41) is 13.0. The van der Waals surface area contributed by atoms with Gasteiger partial charge in [-0.15, -0.1) is 0 Å². The first-order valence-electron chi connectivity index (χ1n) is 5.52. The number of primary sulfonamides is 1. The maximum atomic E-state index is 11.8. The number of rotatable bonds is 2. The molecule has 1 atom stereocenters. The van der Waals surface area contributed by atoms with Crippen molar-refractivity contribution < 1.29 is 13.2 Å². The summed E-state index contributed by atoms with van der Waals surface area (Å²) in [6.45, 7) is 1.65. The molecule has 0 aliphatic carbocycles. The minimum Gasteiger partial charge on any atom is -0.295 e. The maximum Gasteiger partial charge on any atom is 0.229 e. The third-order valence-corrected chi connectivity index (χ3v) is 4.27. The average Bonchev–Trinajstić information content (AvgIpc) is 2.71. The van der Waals surface area contributed by atoms with Crippen LogP contribution >= 0.6 is 0 Å². The highest BCUT2D eigenvalue weighted by atomic mass is 32.2. The number of hydrogen-bond acceptors (Lipinski definition) is 5. The number of anilines is 1. The number of nitriles is 1. The maximum absolute atomic E-state index is 11.8. The third kappa shape index (κ3) is 2.57. The molecule has 0 bridgehead atoms. The summed E-state index contributed by atoms with van der Waals surface area (Å²) >= 11 is 0. The Morgan fingerprint density at radius 3 is 2.68 bits per heavy atom. The molecule has 7 nitrogen and oxygen atoms in total. The van der Waals surface area contributed by atoms with Crippen LogP contribution in [0.4, 0.5) is 5.82 Å². The molecule has 1 aliphatic heterocycles. The van der Waals surface area contributed by atoms with Crippen molar-refractivity contribution in [3.8, 4) is 6.07 Å². The van der Waals surface area contributed by atoms with Gasteiger partial charge in [0.1, 0.15) is 17.1 Å². The van der Waals surface area contributed by atoms with Crippen molar-refractivity contribution >= 4 is 21.7 Å². The molecule has 1 unspecified atom stereocenters. The third-order valence-electron chi connectivity index (χ3n) is 3.02. The summed E-state index contributed by atoms with van der Waals surface area (Å²) in [5.74, 6) is 0.00304. The molecule has 2 N–H and O–H groups in total. The van der Waals surface area contributed by atoms with Gasteiger partial charge < -0.3 is 0 Å². The average molecular weight is 280 g/mol. The highest BCUT2D eigenvalue weighted by molar-refractivity contribution is 7.89. The molecule has 8 heteroatoms. The first-order valence-corrected chi connectivity index (χ1v) is 7.13. The van der Waals surface area contributed by atoms with Gasteiger partial charge in [0, 0.05) is 13.0 Å². The van der Waals surface area contributed by atoms with Crippen molar-refractivity contribution in [2.24, 2.45) is 5.14 Å². The summed E-state index contributed by atoms with van der Waals surface area (Å²) in [5.41, 5.74) is 0.908. The van der Waals surface area contributed by atoms with Crippen molar-refractivity contribution in [1.82, 2.24) is 4.98 Å². The molecule has 0 spiro atoms. The van der Waals surface area contributed by atoms with Gasteiger partial charge in [-0.05, 0) is 19.1 Å². The number of carbonyl (C=O) groups is 1. The molecule has 1 aromatic heterocycles. The lowest BCUT2D eigenvalue weighted by Gasteiger charge is -2.15. The van der Waals surface area contributed by atoms with Crippen molar-refractivity contribution in [2.45, 2.75) is 18.6 Å². The molecule has 0 radical (unpaired) electrons. The van der Waals surface area contributed by atoms with E-state index in [2.05, 4.69) is 4.98 Å². The van der Waals surface area contributed by atoms with Crippen molar-refractivity contribution in [3.63, 3.8) is 0 Å². The number of aromatic nitrogens is 1. The number of sulfonamides is 1. The highest BCUT2D eigenvalue weighted by Gasteiger charge is 2.37. The first kappa shape index (κ1) is 13.5. The molecule has 1 aliphatic rings. The van der Waals surface area contributed by atoms with E-state index in [1.165, 1.54) is 11.0 Å². The van der Waals surface area contributed by atoms with Crippen molar-refractivity contribution in [2.75, 3.05) is 11.4 Å². The molecule has 100 valence electrons. The Labute approximate surface area is 110 Å². The van der Waals surface area contributed by atoms with Gasteiger partial charge in [0.05, 0.1) is 11.3 Å². The second kappa shape index (κ2) is 4.60. The van der Waals surface area contributed by atoms with Gasteiger partial charge in [-0.2, -0.15) is 5.26 Å². The predicted molar refractivity (Wildman–Crippen MR) is 67.6 cm³/mol. The molecule has 1 saturated heterocycles. The Bertz CT molecular complexity index is 678. The standard InChI is InChI=1S/C11H12N4O3S/c1-7-8(5-12)2-3-10(14-7)15-6-9(4-11(15)16)19(13,17)18/h2-3,9H,4,6H2,1H3,(H2,13,17,18). The Morgan fingerprint density at radius 1 is 1.53 bits per heavy atom. The zero-order valence-corrected chi connectivity index (χ0v) is 11.0. The second-order valence-electron chi connectivity index (χ2n) is 4.33. The normalized spacial score (nSPS) is 19.5. The van der Waals surface area contributed by atoms with E-state index in [1.807, 2.05) is 6.07 Å². The molecule has 19 heavy (non-hydrogen) atoms. The molecule has 1 aromatic rings. The van der Waals surface area contributed by atoms with Gasteiger partial charge in [0.25, 0.3) is 0 Å². The van der Waals surface area contributed by atoms with Crippen LogP contribution in [0.15, 0.2) is 12.1 Å². The fourth-order valence-corrected chi connectivity index (χ4v) is 2.66. The van der Waals surface area contributed by atoms with Crippen LogP contribution in [-0.2, 0) is 14.8 Å². The number of nitrogens with zero attached hydrogens (tertiary/aromatic N) is 3. The number of nitrogens with two attached hydrogens (primary N) is 1. The second-order valence-corrected chi connectivity index (χ2v) is 6.18. The lowest BCUT2D eigenvalue weighted by atomic mass is 10.2. The number of amides is 1. The fraction of sp³-hybridized carbons (Fsp3) is 0.364. The molecule has 2 heterocycles. The van der Waals surface area contributed by atoms with Gasteiger partial charge in [-0.1, -0.05) is 0 Å². The first-order chi connectivity index (χ1) is 8.82. The quantitative estimate of drug-likeness (QED) is 0.795. The van der Waals surface area contributed by atoms with Crippen LogP contribution in [0.3, 0.4) is 0 Å². The smallest absolute Gasteiger partial charge is 0.229 e. The summed E-state index contributed by atoms with van der Waals surface area (Å²) in [7, 11) is -3.74. The van der Waals surface area contributed by atoms with Gasteiger partial charge >= 0.3 is 0 Å². The van der Waals surface area contributed by atoms with E-state index in [-0.39, 0.29) is 18.9 Å². The minimum absolute atomic E-state index is 0.00396. The number of hydrogen-bond donors (Lipinski definition) is 1. The van der Waals surface area contributed by atoms with Gasteiger partial charge in [-0.25, -0.2) is 18.5 Å². The van der Waals surface area contributed by atoms with E-state index < -0.39 is 15.3 Å². The summed E-state index contributed by atoms with van der Waals surface area (Å²) in [6.07, 6.45) is -0.139. The van der Waals surface area contributed by atoms with Crippen LogP contribution < -0.4 is 10.0 Å². The van der Waals surface area contributed by atoms with Crippen LogP contribution in [0.5, 0.6) is 0 Å². The molecule has 0 aromatic carbocycles. The monoisotopic (exact) mass is 280 g/mol. The van der Waals surface area contributed by atoms with Crippen LogP contribution in [0, 0.1) is 18.3 Å². The van der Waals surface area contributed by atoms with Crippen molar-refractivity contribution in [3.05, 3.63) is 23.4 Å². The number of aryl methyl sites for hydroxylation is 1. The van der Waals surface area contributed by atoms with Gasteiger partial charge in [0.15, 0.2) is 0 Å². The summed E-state index contributed by atoms with van der Waals surface area (Å²) in [6, 6.07) is 5.05. The molecule has 0 saturated carbocycles. The van der Waals surface area contributed by atoms with E-state index in [1.54, 1.807) is 13.0 Å². The summed E-state index contributed by atoms with van der Waals surface area (Å²) < 4.78 is 22.5. The predicted octanol–water partition coefficient (Wildman–Crippen LogP) is -0.344. The molecular weight excluding hydrogens is 268 g/mol. The van der Waals surface area contributed by atoms with Crippen LogP contribution in [0.2, 0.25) is 0 Å². The Balaban J connectivity index is 2.31. The van der Waals surface area contributed by atoms with E-state index in [0.717, 1.165) is 0 Å². The lowest BCUT2D eigenvalue weighted by molar-refractivity contribution is -0.117. The summed E-state index contributed by atoms with van der Waals surface area (Å²) in [4.78, 5) is 17.2. The molecule has 1 fully saturated rings. The van der Waals surface area contributed by atoms with Gasteiger partial charge in [-0.3, -0.25) is 9.69 Å². The van der Waals surface area contributed by atoms with E-state index in [9.17, 15) is 13.2 Å². The zero-order chi connectivity index (χ0) is 14.2. The topological polar surface area (TPSA) is 117 Å². The van der Waals surface area contributed by atoms with Crippen LogP contribution in [0.25, 0.3) is 0 Å². The molecule has 2 rings (SSSR count). The Hall–Kier alpha value is -1.98. The number of carbonyl (C=O) groups excluding carboxylic acids is 1. The van der Waals surface area contributed by atoms with E-state index in [0.29, 0.717) is 17.1 Å². The van der Waals surface area contributed by atoms with Gasteiger partial charge in [0.2, 0.25) is 15.9 Å². The highest BCUT2D eigenvalue weighted by Crippen LogP contribution is 2.23. The lowest BCUT2D eigenvalue weighted by Crippen LogP contribution is -2.32. The van der Waals surface area contributed by atoms with Crippen LogP contribution in [-0.4, -0.2) is 31.1 Å². The Kier molecular flexibility index (Phi) is 3.26. The molecule has 1 amide bonds. The largest absolute Gasteiger partial charge is 0.295 e. The minimum atomic E-state index is -3.74. The van der Waals surface area contributed by atoms with E-state index in [4.69, 9.17) is 10.4 Å². The fourth-order valence-electron chi connectivity index (χ4n) is 1.93. The Morgan fingerprint density at radius 2 is 2.21 bits per heavy atom.